The minimum absolute atomic E-state index is 0. The number of anilines is 2. The number of benzene rings is 2. The highest BCUT2D eigenvalue weighted by Crippen LogP contribution is 2.25. The molecule has 0 atom stereocenters. The molecule has 142 valence electrons. The fourth-order valence-electron chi connectivity index (χ4n) is 2.28. The Hall–Kier alpha value is -2.41. The first-order chi connectivity index (χ1) is 11.7. The molecule has 0 spiro atoms. The smallest absolute Gasteiger partial charge is 0.422 e. The van der Waals surface area contributed by atoms with Crippen molar-refractivity contribution in [2.24, 2.45) is 0 Å². The summed E-state index contributed by atoms with van der Waals surface area (Å²) >= 11 is 0. The molecule has 0 radical (unpaired) electrons. The topological polar surface area (TPSA) is 64.4 Å². The summed E-state index contributed by atoms with van der Waals surface area (Å²) in [5.74, 6) is -0.0704. The van der Waals surface area contributed by atoms with E-state index >= 15 is 0 Å². The van der Waals surface area contributed by atoms with Gasteiger partial charge in [0, 0.05) is 17.8 Å². The highest BCUT2D eigenvalue weighted by atomic mass is 35.5. The Morgan fingerprint density at radius 3 is 2.50 bits per heavy atom. The average molecular weight is 389 g/mol. The van der Waals surface area contributed by atoms with Crippen molar-refractivity contribution in [1.29, 1.82) is 0 Å². The lowest BCUT2D eigenvalue weighted by Gasteiger charge is -2.13. The van der Waals surface area contributed by atoms with Crippen molar-refractivity contribution in [2.75, 3.05) is 17.7 Å². The van der Waals surface area contributed by atoms with E-state index in [9.17, 15) is 18.0 Å². The average Bonchev–Trinajstić information content (AvgIpc) is 2.52. The summed E-state index contributed by atoms with van der Waals surface area (Å²) in [5, 5.41) is 2.71. The number of nitrogens with one attached hydrogen (secondary N) is 1. The van der Waals surface area contributed by atoms with E-state index in [4.69, 9.17) is 10.5 Å². The van der Waals surface area contributed by atoms with Crippen LogP contribution in [0.5, 0.6) is 5.75 Å². The Morgan fingerprint density at radius 1 is 1.19 bits per heavy atom. The van der Waals surface area contributed by atoms with E-state index in [-0.39, 0.29) is 30.5 Å². The van der Waals surface area contributed by atoms with Crippen molar-refractivity contribution in [3.05, 3.63) is 53.6 Å². The number of alkyl halides is 3. The molecule has 8 heteroatoms. The number of para-hydroxylation sites is 1. The number of nitrogens with two attached hydrogens (primary N) is 1. The number of amides is 1. The normalized spacial score (nSPS) is 10.8. The number of hydrogen-bond donors (Lipinski definition) is 2. The first kappa shape index (κ1) is 21.6. The fourth-order valence-corrected chi connectivity index (χ4v) is 2.28. The maximum atomic E-state index is 12.2. The molecular weight excluding hydrogens is 369 g/mol. The van der Waals surface area contributed by atoms with Gasteiger partial charge in [-0.3, -0.25) is 4.79 Å². The Labute approximate surface area is 155 Å². The van der Waals surface area contributed by atoms with Gasteiger partial charge in [0.1, 0.15) is 5.75 Å². The Kier molecular flexibility index (Phi) is 7.76. The molecule has 0 saturated carbocycles. The van der Waals surface area contributed by atoms with Gasteiger partial charge in [0.15, 0.2) is 6.61 Å². The van der Waals surface area contributed by atoms with Crippen molar-refractivity contribution < 1.29 is 22.7 Å². The van der Waals surface area contributed by atoms with E-state index in [2.05, 4.69) is 5.32 Å². The Bertz CT molecular complexity index is 751. The monoisotopic (exact) mass is 388 g/mol. The van der Waals surface area contributed by atoms with Crippen molar-refractivity contribution in [1.82, 2.24) is 0 Å². The lowest BCUT2D eigenvalue weighted by Crippen LogP contribution is -2.19. The highest BCUT2D eigenvalue weighted by molar-refractivity contribution is 5.91. The van der Waals surface area contributed by atoms with Gasteiger partial charge in [0.2, 0.25) is 5.91 Å². The lowest BCUT2D eigenvalue weighted by atomic mass is 10.1. The minimum Gasteiger partial charge on any atom is -0.484 e. The van der Waals surface area contributed by atoms with Crippen LogP contribution in [0, 0.1) is 6.92 Å². The van der Waals surface area contributed by atoms with E-state index in [0.29, 0.717) is 23.4 Å². The molecule has 0 aromatic heterocycles. The van der Waals surface area contributed by atoms with Gasteiger partial charge in [0.05, 0.1) is 0 Å². The number of halogens is 4. The van der Waals surface area contributed by atoms with Crippen LogP contribution in [0.1, 0.15) is 17.5 Å². The van der Waals surface area contributed by atoms with Gasteiger partial charge in [-0.1, -0.05) is 18.2 Å². The van der Waals surface area contributed by atoms with Gasteiger partial charge < -0.3 is 15.8 Å². The summed E-state index contributed by atoms with van der Waals surface area (Å²) in [4.78, 5) is 12.0. The molecule has 2 aromatic carbocycles. The SMILES string of the molecule is Cc1cc(NC(=O)CCc2ccccc2N)ccc1OCC(F)(F)F.Cl. The van der Waals surface area contributed by atoms with Gasteiger partial charge in [-0.2, -0.15) is 13.2 Å². The number of nitrogen functional groups attached to an aromatic ring is 1. The van der Waals surface area contributed by atoms with Crippen LogP contribution in [-0.4, -0.2) is 18.7 Å². The third-order valence-corrected chi connectivity index (χ3v) is 3.53. The van der Waals surface area contributed by atoms with E-state index in [0.717, 1.165) is 5.56 Å². The van der Waals surface area contributed by atoms with Crippen LogP contribution in [-0.2, 0) is 11.2 Å². The van der Waals surface area contributed by atoms with Crippen molar-refractivity contribution in [3.8, 4) is 5.75 Å². The molecule has 0 aliphatic heterocycles. The lowest BCUT2D eigenvalue weighted by molar-refractivity contribution is -0.153. The second-order valence-electron chi connectivity index (χ2n) is 5.63. The molecule has 2 aromatic rings. The maximum Gasteiger partial charge on any atom is 0.422 e. The Balaban J connectivity index is 0.00000338. The first-order valence-electron chi connectivity index (χ1n) is 7.68. The van der Waals surface area contributed by atoms with Crippen molar-refractivity contribution in [3.63, 3.8) is 0 Å². The second kappa shape index (κ2) is 9.33. The standard InChI is InChI=1S/C18H19F3N2O2.ClH/c1-12-10-14(7-8-16(12)25-11-18(19,20)21)23-17(24)9-6-13-4-2-3-5-15(13)22;/h2-5,7-8,10H,6,9,11,22H2,1H3,(H,23,24);1H. The highest BCUT2D eigenvalue weighted by Gasteiger charge is 2.28. The summed E-state index contributed by atoms with van der Waals surface area (Å²) in [6.45, 7) is 0.268. The molecule has 26 heavy (non-hydrogen) atoms. The quantitative estimate of drug-likeness (QED) is 0.715. The maximum absolute atomic E-state index is 12.2. The van der Waals surface area contributed by atoms with Crippen LogP contribution in [0.15, 0.2) is 42.5 Å². The summed E-state index contributed by atoms with van der Waals surface area (Å²) in [6, 6.07) is 11.8. The van der Waals surface area contributed by atoms with Crippen LogP contribution < -0.4 is 15.8 Å². The zero-order valence-electron chi connectivity index (χ0n) is 14.1. The van der Waals surface area contributed by atoms with Crippen LogP contribution in [0.2, 0.25) is 0 Å². The third kappa shape index (κ3) is 6.84. The van der Waals surface area contributed by atoms with Gasteiger partial charge >= 0.3 is 6.18 Å². The molecule has 0 fully saturated rings. The minimum atomic E-state index is -4.39. The summed E-state index contributed by atoms with van der Waals surface area (Å²) < 4.78 is 41.3. The molecule has 1 amide bonds. The van der Waals surface area contributed by atoms with Crippen LogP contribution in [0.3, 0.4) is 0 Å². The molecule has 0 unspecified atom stereocenters. The Morgan fingerprint density at radius 2 is 1.88 bits per heavy atom. The molecule has 0 saturated heterocycles. The van der Waals surface area contributed by atoms with Gasteiger partial charge in [-0.05, 0) is 48.7 Å². The number of ether oxygens (including phenoxy) is 1. The van der Waals surface area contributed by atoms with E-state index in [1.54, 1.807) is 19.1 Å². The molecule has 2 rings (SSSR count). The predicted octanol–water partition coefficient (Wildman–Crippen LogP) is 4.51. The molecule has 4 nitrogen and oxygen atoms in total. The first-order valence-corrected chi connectivity index (χ1v) is 7.68. The zero-order chi connectivity index (χ0) is 18.4. The summed E-state index contributed by atoms with van der Waals surface area (Å²) in [6.07, 6.45) is -3.64. The van der Waals surface area contributed by atoms with Gasteiger partial charge in [-0.25, -0.2) is 0 Å². The fraction of sp³-hybridized carbons (Fsp3) is 0.278. The molecule has 3 N–H and O–H groups in total. The van der Waals surface area contributed by atoms with Crippen LogP contribution >= 0.6 is 12.4 Å². The van der Waals surface area contributed by atoms with E-state index < -0.39 is 12.8 Å². The number of carbonyl (C=O) groups is 1. The van der Waals surface area contributed by atoms with E-state index in [1.165, 1.54) is 12.1 Å². The molecule has 0 aliphatic carbocycles. The summed E-state index contributed by atoms with van der Waals surface area (Å²) in [5.41, 5.74) is 8.37. The number of aryl methyl sites for hydroxylation is 2. The van der Waals surface area contributed by atoms with Crippen LogP contribution in [0.25, 0.3) is 0 Å². The third-order valence-electron chi connectivity index (χ3n) is 3.53. The number of hydrogen-bond acceptors (Lipinski definition) is 3. The molecule has 0 bridgehead atoms. The number of carbonyl (C=O) groups excluding carboxylic acids is 1. The molecule has 0 aliphatic rings. The van der Waals surface area contributed by atoms with Crippen LogP contribution in [0.4, 0.5) is 24.5 Å². The van der Waals surface area contributed by atoms with Gasteiger partial charge in [-0.15, -0.1) is 12.4 Å². The van der Waals surface area contributed by atoms with E-state index in [1.807, 2.05) is 18.2 Å². The predicted molar refractivity (Wildman–Crippen MR) is 97.8 cm³/mol. The molecular formula is C18H20ClF3N2O2. The zero-order valence-corrected chi connectivity index (χ0v) is 14.9. The van der Waals surface area contributed by atoms with Gasteiger partial charge in [0.25, 0.3) is 0 Å². The number of rotatable bonds is 6. The largest absolute Gasteiger partial charge is 0.484 e. The molecule has 0 heterocycles. The van der Waals surface area contributed by atoms with Crippen molar-refractivity contribution in [2.45, 2.75) is 25.9 Å². The summed E-state index contributed by atoms with van der Waals surface area (Å²) in [7, 11) is 0. The second-order valence-corrected chi connectivity index (χ2v) is 5.63. The van der Waals surface area contributed by atoms with Crippen molar-refractivity contribution >= 4 is 29.7 Å².